The van der Waals surface area contributed by atoms with E-state index in [1.165, 1.54) is 6.20 Å². The van der Waals surface area contributed by atoms with E-state index in [9.17, 15) is 9.59 Å². The van der Waals surface area contributed by atoms with Crippen LogP contribution in [0.3, 0.4) is 0 Å². The van der Waals surface area contributed by atoms with Crippen LogP contribution in [0.5, 0.6) is 0 Å². The number of carbonyl (C=O) groups excluding carboxylic acids is 2. The minimum atomic E-state index is -0.894. The molecule has 0 saturated carbocycles. The molecule has 0 aliphatic heterocycles. The van der Waals surface area contributed by atoms with Crippen LogP contribution in [0.2, 0.25) is 0 Å². The highest BCUT2D eigenvalue weighted by atomic mass is 32.2. The third kappa shape index (κ3) is 5.38. The van der Waals surface area contributed by atoms with E-state index in [1.54, 1.807) is 24.8 Å². The van der Waals surface area contributed by atoms with Gasteiger partial charge in [0.25, 0.3) is 5.91 Å². The summed E-state index contributed by atoms with van der Waals surface area (Å²) in [5.74, 6) is -0.839. The summed E-state index contributed by atoms with van der Waals surface area (Å²) >= 11 is 1.55. The van der Waals surface area contributed by atoms with Gasteiger partial charge in [0.05, 0.1) is 12.3 Å². The van der Waals surface area contributed by atoms with Crippen molar-refractivity contribution in [2.45, 2.75) is 11.8 Å². The number of hydrogen-bond donors (Lipinski definition) is 3. The van der Waals surface area contributed by atoms with Gasteiger partial charge in [-0.3, -0.25) is 10.1 Å². The Morgan fingerprint density at radius 2 is 2.14 bits per heavy atom. The molecule has 0 atom stereocenters. The summed E-state index contributed by atoms with van der Waals surface area (Å²) in [4.78, 5) is 23.8. The maximum atomic E-state index is 11.7. The first-order valence-corrected chi connectivity index (χ1v) is 7.57. The highest BCUT2D eigenvalue weighted by molar-refractivity contribution is 7.98. The molecule has 116 valence electrons. The van der Waals surface area contributed by atoms with Crippen LogP contribution in [0.1, 0.15) is 6.92 Å². The molecule has 0 aliphatic rings. The average Bonchev–Trinajstić information content (AvgIpc) is 2.52. The predicted octanol–water partition coefficient (Wildman–Crippen LogP) is 2.01. The number of imide groups is 1. The number of rotatable bonds is 6. The van der Waals surface area contributed by atoms with Crippen molar-refractivity contribution in [1.29, 1.82) is 5.26 Å². The highest BCUT2D eigenvalue weighted by Crippen LogP contribution is 2.23. The van der Waals surface area contributed by atoms with E-state index < -0.39 is 12.0 Å². The van der Waals surface area contributed by atoms with E-state index in [-0.39, 0.29) is 12.2 Å². The molecule has 8 heteroatoms. The Kier molecular flexibility index (Phi) is 7.36. The van der Waals surface area contributed by atoms with Crippen LogP contribution in [0.15, 0.2) is 40.9 Å². The van der Waals surface area contributed by atoms with E-state index in [0.717, 1.165) is 10.6 Å². The second-order valence-electron chi connectivity index (χ2n) is 3.81. The van der Waals surface area contributed by atoms with E-state index in [4.69, 9.17) is 5.26 Å². The van der Waals surface area contributed by atoms with Crippen molar-refractivity contribution >= 4 is 29.4 Å². The van der Waals surface area contributed by atoms with Crippen molar-refractivity contribution in [3.63, 3.8) is 0 Å². The van der Waals surface area contributed by atoms with Crippen molar-refractivity contribution in [3.05, 3.63) is 36.0 Å². The molecule has 0 spiro atoms. The normalized spacial score (nSPS) is 10.3. The zero-order valence-corrected chi connectivity index (χ0v) is 13.0. The lowest BCUT2D eigenvalue weighted by Gasteiger charge is -2.10. The first-order chi connectivity index (χ1) is 10.6. The van der Waals surface area contributed by atoms with Crippen LogP contribution < -0.4 is 16.2 Å². The fourth-order valence-electron chi connectivity index (χ4n) is 1.41. The number of hydrazine groups is 1. The fourth-order valence-corrected chi connectivity index (χ4v) is 1.96. The number of nitriles is 1. The number of hydrogen-bond acceptors (Lipinski definition) is 7. The Morgan fingerprint density at radius 3 is 2.77 bits per heavy atom. The first-order valence-electron chi connectivity index (χ1n) is 6.35. The van der Waals surface area contributed by atoms with Gasteiger partial charge in [0.15, 0.2) is 0 Å². The molecule has 0 unspecified atom stereocenters. The lowest BCUT2D eigenvalue weighted by atomic mass is 10.3. The highest BCUT2D eigenvalue weighted by Gasteiger charge is 2.13. The summed E-state index contributed by atoms with van der Waals surface area (Å²) in [6, 6.07) is 9.23. The molecule has 22 heavy (non-hydrogen) atoms. The van der Waals surface area contributed by atoms with Crippen LogP contribution in [0.25, 0.3) is 0 Å². The van der Waals surface area contributed by atoms with Gasteiger partial charge in [0, 0.05) is 11.1 Å². The van der Waals surface area contributed by atoms with Gasteiger partial charge >= 0.3 is 6.09 Å². The van der Waals surface area contributed by atoms with Gasteiger partial charge in [0.2, 0.25) is 0 Å². The molecular formula is C14H16N4O3S. The van der Waals surface area contributed by atoms with Gasteiger partial charge in [-0.2, -0.15) is 5.26 Å². The smallest absolute Gasteiger partial charge is 0.414 e. The Bertz CT molecular complexity index is 610. The van der Waals surface area contributed by atoms with Crippen molar-refractivity contribution in [1.82, 2.24) is 10.7 Å². The molecule has 3 N–H and O–H groups in total. The lowest BCUT2D eigenvalue weighted by molar-refractivity contribution is -0.116. The summed E-state index contributed by atoms with van der Waals surface area (Å²) in [7, 11) is 0. The van der Waals surface area contributed by atoms with Gasteiger partial charge in [-0.05, 0) is 25.3 Å². The topological polar surface area (TPSA) is 103 Å². The minimum Gasteiger partial charge on any atom is -0.450 e. The van der Waals surface area contributed by atoms with Gasteiger partial charge in [-0.15, -0.1) is 11.8 Å². The van der Waals surface area contributed by atoms with E-state index in [0.29, 0.717) is 0 Å². The number of carbonyl (C=O) groups is 2. The number of alkyl carbamates (subject to hydrolysis) is 1. The molecule has 0 fully saturated rings. The number of thioether (sulfide) groups is 1. The molecule has 1 aromatic carbocycles. The number of nitrogens with zero attached hydrogens (tertiary/aromatic N) is 1. The monoisotopic (exact) mass is 320 g/mol. The quantitative estimate of drug-likeness (QED) is 0.319. The van der Waals surface area contributed by atoms with Gasteiger partial charge in [-0.1, -0.05) is 12.1 Å². The van der Waals surface area contributed by atoms with Crippen LogP contribution in [0.4, 0.5) is 10.5 Å². The number of nitrogens with one attached hydrogen (secondary N) is 3. The number of benzene rings is 1. The Morgan fingerprint density at radius 1 is 1.41 bits per heavy atom. The maximum absolute atomic E-state index is 11.7. The molecule has 1 rings (SSSR count). The van der Waals surface area contributed by atoms with Gasteiger partial charge in [-0.25, -0.2) is 4.79 Å². The van der Waals surface area contributed by atoms with Crippen LogP contribution in [-0.4, -0.2) is 24.9 Å². The molecule has 0 aromatic heterocycles. The molecule has 0 heterocycles. The SMILES string of the molecule is CCOC(=O)NC(=O)C(C#N)=CNNc1ccccc1SC. The third-order valence-electron chi connectivity index (χ3n) is 2.39. The van der Waals surface area contributed by atoms with E-state index in [2.05, 4.69) is 15.6 Å². The largest absolute Gasteiger partial charge is 0.450 e. The Balaban J connectivity index is 2.64. The van der Waals surface area contributed by atoms with Gasteiger partial charge < -0.3 is 15.6 Å². The molecule has 0 radical (unpaired) electrons. The summed E-state index contributed by atoms with van der Waals surface area (Å²) < 4.78 is 4.56. The van der Waals surface area contributed by atoms with Gasteiger partial charge in [0.1, 0.15) is 11.6 Å². The molecule has 0 aliphatic carbocycles. The van der Waals surface area contributed by atoms with Crippen molar-refractivity contribution < 1.29 is 14.3 Å². The predicted molar refractivity (Wildman–Crippen MR) is 83.8 cm³/mol. The standard InChI is InChI=1S/C14H16N4O3S/c1-3-21-14(20)17-13(19)10(8-15)9-16-18-11-6-4-5-7-12(11)22-2/h4-7,9,16,18H,3H2,1-2H3,(H,17,19,20). The maximum Gasteiger partial charge on any atom is 0.414 e. The zero-order valence-electron chi connectivity index (χ0n) is 12.2. The second-order valence-corrected chi connectivity index (χ2v) is 4.66. The lowest BCUT2D eigenvalue weighted by Crippen LogP contribution is -2.32. The Hall–Kier alpha value is -2.66. The number of anilines is 1. The Labute approximate surface area is 132 Å². The number of ether oxygens (including phenoxy) is 1. The summed E-state index contributed by atoms with van der Waals surface area (Å²) in [5, 5.41) is 10.9. The van der Waals surface area contributed by atoms with Crippen LogP contribution in [-0.2, 0) is 9.53 Å². The third-order valence-corrected chi connectivity index (χ3v) is 3.18. The van der Waals surface area contributed by atoms with Crippen LogP contribution >= 0.6 is 11.8 Å². The molecular weight excluding hydrogens is 304 g/mol. The summed E-state index contributed by atoms with van der Waals surface area (Å²) in [6.45, 7) is 1.75. The first kappa shape index (κ1) is 17.4. The van der Waals surface area contributed by atoms with Crippen LogP contribution in [0, 0.1) is 11.3 Å². The second kappa shape index (κ2) is 9.31. The molecule has 0 bridgehead atoms. The van der Waals surface area contributed by atoms with Crippen molar-refractivity contribution in [2.75, 3.05) is 18.3 Å². The average molecular weight is 320 g/mol. The fraction of sp³-hybridized carbons (Fsp3) is 0.214. The molecule has 0 saturated heterocycles. The number of para-hydroxylation sites is 1. The summed E-state index contributed by atoms with van der Waals surface area (Å²) in [6.07, 6.45) is 2.21. The van der Waals surface area contributed by atoms with E-state index >= 15 is 0 Å². The van der Waals surface area contributed by atoms with Crippen molar-refractivity contribution in [2.24, 2.45) is 0 Å². The minimum absolute atomic E-state index is 0.135. The molecule has 2 amide bonds. The molecule has 1 aromatic rings. The summed E-state index contributed by atoms with van der Waals surface area (Å²) in [5.41, 5.74) is 6.06. The zero-order chi connectivity index (χ0) is 16.4. The number of amides is 2. The van der Waals surface area contributed by atoms with E-state index in [1.807, 2.05) is 35.8 Å². The molecule has 7 nitrogen and oxygen atoms in total. The van der Waals surface area contributed by atoms with Crippen molar-refractivity contribution in [3.8, 4) is 6.07 Å².